The molecule has 1 aliphatic rings. The largest absolute Gasteiger partial charge is 0.493 e. The summed E-state index contributed by atoms with van der Waals surface area (Å²) in [4.78, 5) is 66.0. The number of hydrogen-bond donors (Lipinski definition) is 3. The first-order valence-electron chi connectivity index (χ1n) is 15.3. The van der Waals surface area contributed by atoms with Gasteiger partial charge in [0.1, 0.15) is 22.8 Å². The zero-order chi connectivity index (χ0) is 37.0. The molecule has 0 aliphatic carbocycles. The van der Waals surface area contributed by atoms with Crippen LogP contribution >= 0.6 is 34.8 Å². The number of nitrogens with one attached hydrogen (secondary N) is 3. The molecular formula is C31H40Cl3FN4O10. The van der Waals surface area contributed by atoms with E-state index >= 15 is 4.39 Å². The van der Waals surface area contributed by atoms with Gasteiger partial charge in [0.05, 0.1) is 17.2 Å². The van der Waals surface area contributed by atoms with Gasteiger partial charge in [-0.1, -0.05) is 55.6 Å². The summed E-state index contributed by atoms with van der Waals surface area (Å²) >= 11 is 18.6. The lowest BCUT2D eigenvalue weighted by atomic mass is 10.0. The van der Waals surface area contributed by atoms with Crippen LogP contribution in [0.2, 0.25) is 15.1 Å². The van der Waals surface area contributed by atoms with E-state index in [9.17, 15) is 24.0 Å². The van der Waals surface area contributed by atoms with Gasteiger partial charge in [0.2, 0.25) is 0 Å². The average Bonchev–Trinajstić information content (AvgIpc) is 3.29. The Balaban J connectivity index is 1.87. The molecule has 1 aromatic heterocycles. The maximum absolute atomic E-state index is 16.2. The molecule has 3 rings (SSSR count). The number of alkyl halides is 1. The Kier molecular flexibility index (Phi) is 13.4. The van der Waals surface area contributed by atoms with Crippen molar-refractivity contribution in [3.63, 3.8) is 0 Å². The van der Waals surface area contributed by atoms with Crippen LogP contribution in [0.4, 0.5) is 9.18 Å². The Morgan fingerprint density at radius 2 is 1.73 bits per heavy atom. The molecule has 2 amide bonds. The van der Waals surface area contributed by atoms with Crippen molar-refractivity contribution in [2.24, 2.45) is 5.92 Å². The SMILES string of the molecule is CCc1cn([C@@H]2O[C@H](CNC(=O)C(C)Oc3c(Cl)cc(Cl)c(OC)c3Cl)[C@@H](OC(=O)[C@@H](NC(=O)OC(C)(C)C)C(C)C)[C@@H]2F)c(=O)[nH]c1=O. The second kappa shape index (κ2) is 16.5. The highest BCUT2D eigenvalue weighted by molar-refractivity contribution is 6.42. The standard InChI is InChI=1S/C31H40Cl3FN4O10/c1-9-15-12-39(29(43)38-26(15)41)27-20(35)24(48-28(42)21(13(2)3)37-30(44)49-31(5,6)7)18(47-27)11-36-25(40)14(4)46-23-17(33)10-16(32)22(45-8)19(23)34/h10,12-14,18,20-21,24,27H,9,11H2,1-8H3,(H,36,40)(H,37,44)(H,38,41,43)/t14?,18-,20+,21+,24-,27-/m1/s1. The molecule has 2 heterocycles. The number of rotatable bonds is 12. The monoisotopic (exact) mass is 752 g/mol. The molecule has 0 bridgehead atoms. The summed E-state index contributed by atoms with van der Waals surface area (Å²) in [5, 5.41) is 5.03. The summed E-state index contributed by atoms with van der Waals surface area (Å²) in [7, 11) is 1.33. The maximum atomic E-state index is 16.2. The normalized spacial score (nSPS) is 20.3. The Morgan fingerprint density at radius 3 is 2.31 bits per heavy atom. The highest BCUT2D eigenvalue weighted by atomic mass is 35.5. The van der Waals surface area contributed by atoms with Crippen molar-refractivity contribution in [1.82, 2.24) is 20.2 Å². The van der Waals surface area contributed by atoms with Crippen LogP contribution in [-0.4, -0.2) is 77.3 Å². The van der Waals surface area contributed by atoms with Crippen LogP contribution in [-0.2, 0) is 30.2 Å². The number of benzene rings is 1. The number of amides is 2. The second-order valence-electron chi connectivity index (χ2n) is 12.5. The fourth-order valence-electron chi connectivity index (χ4n) is 4.76. The average molecular weight is 754 g/mol. The number of halogens is 4. The minimum atomic E-state index is -2.17. The van der Waals surface area contributed by atoms with Gasteiger partial charge in [-0.25, -0.2) is 18.8 Å². The first kappa shape index (κ1) is 39.9. The summed E-state index contributed by atoms with van der Waals surface area (Å²) in [5.41, 5.74) is -2.31. The molecule has 49 heavy (non-hydrogen) atoms. The Morgan fingerprint density at radius 1 is 1.10 bits per heavy atom. The van der Waals surface area contributed by atoms with Crippen molar-refractivity contribution in [3.8, 4) is 11.5 Å². The number of carbonyl (C=O) groups excluding carboxylic acids is 3. The smallest absolute Gasteiger partial charge is 0.408 e. The minimum Gasteiger partial charge on any atom is -0.493 e. The highest BCUT2D eigenvalue weighted by Crippen LogP contribution is 2.45. The van der Waals surface area contributed by atoms with Crippen molar-refractivity contribution >= 4 is 52.8 Å². The lowest BCUT2D eigenvalue weighted by Crippen LogP contribution is -2.50. The van der Waals surface area contributed by atoms with Gasteiger partial charge in [0.25, 0.3) is 11.5 Å². The molecule has 1 saturated heterocycles. The first-order chi connectivity index (χ1) is 22.8. The number of alkyl carbamates (subject to hydrolysis) is 1. The fourth-order valence-corrected chi connectivity index (χ4v) is 5.76. The van der Waals surface area contributed by atoms with Crippen LogP contribution in [0.15, 0.2) is 21.9 Å². The molecule has 0 saturated carbocycles. The zero-order valence-corrected chi connectivity index (χ0v) is 30.4. The van der Waals surface area contributed by atoms with Crippen molar-refractivity contribution in [3.05, 3.63) is 53.7 Å². The number of aromatic amines is 1. The van der Waals surface area contributed by atoms with Crippen molar-refractivity contribution < 1.29 is 42.5 Å². The van der Waals surface area contributed by atoms with Gasteiger partial charge in [-0.3, -0.25) is 19.1 Å². The van der Waals surface area contributed by atoms with Crippen LogP contribution in [0.1, 0.15) is 60.3 Å². The Bertz CT molecular complexity index is 1660. The third-order valence-corrected chi connectivity index (χ3v) is 8.14. The van der Waals surface area contributed by atoms with Crippen molar-refractivity contribution in [2.75, 3.05) is 13.7 Å². The molecule has 1 unspecified atom stereocenters. The summed E-state index contributed by atoms with van der Waals surface area (Å²) in [5.74, 6) is -2.28. The Hall–Kier alpha value is -3.53. The van der Waals surface area contributed by atoms with E-state index in [4.69, 9.17) is 58.5 Å². The van der Waals surface area contributed by atoms with Crippen LogP contribution in [0.25, 0.3) is 0 Å². The molecule has 0 spiro atoms. The van der Waals surface area contributed by atoms with E-state index < -0.39 is 84.0 Å². The Labute approximate surface area is 296 Å². The van der Waals surface area contributed by atoms with Crippen LogP contribution in [0.3, 0.4) is 0 Å². The molecule has 272 valence electrons. The lowest BCUT2D eigenvalue weighted by Gasteiger charge is -2.27. The minimum absolute atomic E-state index is 0.00200. The summed E-state index contributed by atoms with van der Waals surface area (Å²) < 4.78 is 44.6. The number of aryl methyl sites for hydroxylation is 1. The maximum Gasteiger partial charge on any atom is 0.408 e. The highest BCUT2D eigenvalue weighted by Gasteiger charge is 2.50. The molecule has 18 heteroatoms. The van der Waals surface area contributed by atoms with E-state index in [0.29, 0.717) is 0 Å². The van der Waals surface area contributed by atoms with Crippen LogP contribution < -0.4 is 31.4 Å². The number of H-pyrrole nitrogens is 1. The summed E-state index contributed by atoms with van der Waals surface area (Å²) in [6.45, 7) is 10.8. The van der Waals surface area contributed by atoms with Gasteiger partial charge in [-0.2, -0.15) is 0 Å². The lowest BCUT2D eigenvalue weighted by molar-refractivity contribution is -0.157. The third-order valence-electron chi connectivity index (χ3n) is 7.24. The number of aromatic nitrogens is 2. The predicted molar refractivity (Wildman–Crippen MR) is 179 cm³/mol. The van der Waals surface area contributed by atoms with Crippen molar-refractivity contribution in [2.45, 2.75) is 97.2 Å². The van der Waals surface area contributed by atoms with Gasteiger partial charge in [0, 0.05) is 18.3 Å². The number of ether oxygens (including phenoxy) is 5. The van der Waals surface area contributed by atoms with Gasteiger partial charge < -0.3 is 34.3 Å². The number of esters is 1. The summed E-state index contributed by atoms with van der Waals surface area (Å²) in [6.07, 6.45) is -7.64. The number of carbonyl (C=O) groups is 3. The van der Waals surface area contributed by atoms with Gasteiger partial charge in [-0.05, 0) is 46.1 Å². The molecule has 3 N–H and O–H groups in total. The predicted octanol–water partition coefficient (Wildman–Crippen LogP) is 4.35. The molecule has 14 nitrogen and oxygen atoms in total. The van der Waals surface area contributed by atoms with E-state index in [0.717, 1.165) is 10.8 Å². The van der Waals surface area contributed by atoms with Gasteiger partial charge in [-0.15, -0.1) is 0 Å². The van der Waals surface area contributed by atoms with E-state index in [1.807, 2.05) is 0 Å². The quantitative estimate of drug-likeness (QED) is 0.264. The van der Waals surface area contributed by atoms with Gasteiger partial charge in [0.15, 0.2) is 36.1 Å². The van der Waals surface area contributed by atoms with Crippen LogP contribution in [0.5, 0.6) is 11.5 Å². The van der Waals surface area contributed by atoms with E-state index in [1.54, 1.807) is 41.5 Å². The second-order valence-corrected chi connectivity index (χ2v) is 13.7. The van der Waals surface area contributed by atoms with E-state index in [1.165, 1.54) is 20.1 Å². The molecule has 0 radical (unpaired) electrons. The first-order valence-corrected chi connectivity index (χ1v) is 16.4. The number of hydrogen-bond acceptors (Lipinski definition) is 10. The van der Waals surface area contributed by atoms with Crippen molar-refractivity contribution in [1.29, 1.82) is 0 Å². The molecular weight excluding hydrogens is 714 g/mol. The zero-order valence-electron chi connectivity index (χ0n) is 28.2. The van der Waals surface area contributed by atoms with Gasteiger partial charge >= 0.3 is 17.8 Å². The molecule has 1 aromatic carbocycles. The van der Waals surface area contributed by atoms with Crippen LogP contribution in [0, 0.1) is 5.92 Å². The van der Waals surface area contributed by atoms with E-state index in [-0.39, 0.29) is 38.6 Å². The van der Waals surface area contributed by atoms with E-state index in [2.05, 4.69) is 15.6 Å². The third kappa shape index (κ3) is 9.80. The topological polar surface area (TPSA) is 176 Å². The molecule has 1 fully saturated rings. The molecule has 6 atom stereocenters. The molecule has 2 aromatic rings. The summed E-state index contributed by atoms with van der Waals surface area (Å²) in [6, 6.07) is 0.0592. The number of nitrogens with zero attached hydrogens (tertiary/aromatic N) is 1. The number of methoxy groups -OCH3 is 1. The molecule has 1 aliphatic heterocycles. The fraction of sp³-hybridized carbons (Fsp3) is 0.581.